The minimum absolute atomic E-state index is 0.228. The summed E-state index contributed by atoms with van der Waals surface area (Å²) in [5, 5.41) is 8.30. The van der Waals surface area contributed by atoms with Crippen molar-refractivity contribution in [3.05, 3.63) is 0 Å². The summed E-state index contributed by atoms with van der Waals surface area (Å²) in [6, 6.07) is 0.0803. The zero-order valence-corrected chi connectivity index (χ0v) is 11.3. The molecule has 0 aromatic carbocycles. The zero-order valence-electron chi connectivity index (χ0n) is 10.4. The van der Waals surface area contributed by atoms with E-state index in [-0.39, 0.29) is 18.3 Å². The second-order valence-electron chi connectivity index (χ2n) is 5.02. The maximum absolute atomic E-state index is 11.6. The van der Waals surface area contributed by atoms with E-state index in [0.717, 1.165) is 19.4 Å². The number of nitrogens with one attached hydrogen (secondary N) is 3. The highest BCUT2D eigenvalue weighted by Gasteiger charge is 2.31. The fourth-order valence-corrected chi connectivity index (χ4v) is 4.27. The lowest BCUT2D eigenvalue weighted by atomic mass is 10.2. The van der Waals surface area contributed by atoms with Gasteiger partial charge in [-0.05, 0) is 32.2 Å². The van der Waals surface area contributed by atoms with E-state index < -0.39 is 15.1 Å². The summed E-state index contributed by atoms with van der Waals surface area (Å²) in [6.45, 7) is 1.84. The van der Waals surface area contributed by atoms with Gasteiger partial charge in [0.25, 0.3) is 0 Å². The van der Waals surface area contributed by atoms with Gasteiger partial charge < -0.3 is 16.0 Å². The summed E-state index contributed by atoms with van der Waals surface area (Å²) in [5.74, 6) is 0.257. The Balaban J connectivity index is 1.65. The highest BCUT2D eigenvalue weighted by atomic mass is 32.2. The number of rotatable bonds is 4. The van der Waals surface area contributed by atoms with Gasteiger partial charge >= 0.3 is 6.03 Å². The lowest BCUT2D eigenvalue weighted by Gasteiger charge is -2.14. The predicted octanol–water partition coefficient (Wildman–Crippen LogP) is -0.385. The van der Waals surface area contributed by atoms with Gasteiger partial charge in [0.15, 0.2) is 9.84 Å². The average Bonchev–Trinajstić information content (AvgIpc) is 2.93. The highest BCUT2D eigenvalue weighted by Crippen LogP contribution is 2.18. The molecule has 2 unspecified atom stereocenters. The second kappa shape index (κ2) is 5.88. The molecule has 2 atom stereocenters. The van der Waals surface area contributed by atoms with Gasteiger partial charge in [-0.15, -0.1) is 0 Å². The van der Waals surface area contributed by atoms with E-state index in [1.807, 2.05) is 0 Å². The van der Waals surface area contributed by atoms with Gasteiger partial charge in [-0.3, -0.25) is 0 Å². The van der Waals surface area contributed by atoms with Crippen molar-refractivity contribution in [2.45, 2.75) is 37.0 Å². The summed E-state index contributed by atoms with van der Waals surface area (Å²) in [7, 11) is -2.97. The van der Waals surface area contributed by atoms with Crippen LogP contribution in [0.3, 0.4) is 0 Å². The summed E-state index contributed by atoms with van der Waals surface area (Å²) in [6.07, 6.45) is 3.60. The van der Waals surface area contributed by atoms with Crippen LogP contribution in [0.2, 0.25) is 0 Å². The van der Waals surface area contributed by atoms with Crippen LogP contribution in [-0.4, -0.2) is 51.1 Å². The first-order chi connectivity index (χ1) is 8.58. The van der Waals surface area contributed by atoms with E-state index in [2.05, 4.69) is 16.0 Å². The van der Waals surface area contributed by atoms with Gasteiger partial charge in [0.1, 0.15) is 0 Å². The Morgan fingerprint density at radius 3 is 2.56 bits per heavy atom. The SMILES string of the molecule is O=C(NCC1CCCN1)NCC1CCCS1(=O)=O. The minimum Gasteiger partial charge on any atom is -0.337 e. The molecule has 3 N–H and O–H groups in total. The molecule has 6 nitrogen and oxygen atoms in total. The molecule has 0 aromatic heterocycles. The topological polar surface area (TPSA) is 87.3 Å². The smallest absolute Gasteiger partial charge is 0.314 e. The van der Waals surface area contributed by atoms with Crippen LogP contribution in [0.15, 0.2) is 0 Å². The van der Waals surface area contributed by atoms with Crippen LogP contribution < -0.4 is 16.0 Å². The maximum atomic E-state index is 11.6. The molecule has 18 heavy (non-hydrogen) atoms. The van der Waals surface area contributed by atoms with Gasteiger partial charge in [-0.25, -0.2) is 13.2 Å². The number of hydrogen-bond donors (Lipinski definition) is 3. The molecule has 0 radical (unpaired) electrons. The van der Waals surface area contributed by atoms with Crippen molar-refractivity contribution < 1.29 is 13.2 Å². The van der Waals surface area contributed by atoms with E-state index in [0.29, 0.717) is 25.4 Å². The average molecular weight is 275 g/mol. The second-order valence-corrected chi connectivity index (χ2v) is 7.42. The van der Waals surface area contributed by atoms with E-state index in [4.69, 9.17) is 0 Å². The molecule has 2 aliphatic rings. The van der Waals surface area contributed by atoms with Crippen molar-refractivity contribution >= 4 is 15.9 Å². The van der Waals surface area contributed by atoms with Crippen molar-refractivity contribution in [2.75, 3.05) is 25.4 Å². The summed E-state index contributed by atoms with van der Waals surface area (Å²) in [5.41, 5.74) is 0. The molecule has 2 aliphatic heterocycles. The number of hydrogen-bond acceptors (Lipinski definition) is 4. The normalized spacial score (nSPS) is 30.2. The molecule has 7 heteroatoms. The molecule has 0 aromatic rings. The van der Waals surface area contributed by atoms with Crippen molar-refractivity contribution in [1.82, 2.24) is 16.0 Å². The lowest BCUT2D eigenvalue weighted by Crippen LogP contribution is -2.45. The van der Waals surface area contributed by atoms with Gasteiger partial charge in [0.05, 0.1) is 11.0 Å². The van der Waals surface area contributed by atoms with E-state index >= 15 is 0 Å². The van der Waals surface area contributed by atoms with E-state index in [9.17, 15) is 13.2 Å². The number of urea groups is 1. The Morgan fingerprint density at radius 1 is 1.17 bits per heavy atom. The first-order valence-corrected chi connectivity index (χ1v) is 8.26. The fraction of sp³-hybridized carbons (Fsp3) is 0.909. The molecule has 2 heterocycles. The molecule has 2 rings (SSSR count). The number of carbonyl (C=O) groups excluding carboxylic acids is 1. The lowest BCUT2D eigenvalue weighted by molar-refractivity contribution is 0.240. The van der Waals surface area contributed by atoms with Gasteiger partial charge in [0, 0.05) is 19.1 Å². The van der Waals surface area contributed by atoms with Crippen molar-refractivity contribution in [2.24, 2.45) is 0 Å². The van der Waals surface area contributed by atoms with Crippen molar-refractivity contribution in [3.63, 3.8) is 0 Å². The quantitative estimate of drug-likeness (QED) is 0.652. The third-order valence-electron chi connectivity index (χ3n) is 3.62. The number of carbonyl (C=O) groups is 1. The molecule has 2 amide bonds. The number of amides is 2. The standard InChI is InChI=1S/C11H21N3O3S/c15-11(13-7-9-3-1-5-12-9)14-8-10-4-2-6-18(10,16)17/h9-10,12H,1-8H2,(H2,13,14,15). The summed E-state index contributed by atoms with van der Waals surface area (Å²) < 4.78 is 23.1. The zero-order chi connectivity index (χ0) is 13.0. The Labute approximate surface area is 108 Å². The van der Waals surface area contributed by atoms with Crippen LogP contribution in [0.5, 0.6) is 0 Å². The molecule has 104 valence electrons. The Morgan fingerprint density at radius 2 is 1.94 bits per heavy atom. The molecular weight excluding hydrogens is 254 g/mol. The molecule has 0 spiro atoms. The van der Waals surface area contributed by atoms with Gasteiger partial charge in [-0.2, -0.15) is 0 Å². The maximum Gasteiger partial charge on any atom is 0.314 e. The third-order valence-corrected chi connectivity index (χ3v) is 5.90. The first-order valence-electron chi connectivity index (χ1n) is 6.54. The van der Waals surface area contributed by atoms with Crippen LogP contribution in [0.25, 0.3) is 0 Å². The largest absolute Gasteiger partial charge is 0.337 e. The minimum atomic E-state index is -2.97. The number of sulfone groups is 1. The van der Waals surface area contributed by atoms with Crippen LogP contribution in [0.1, 0.15) is 25.7 Å². The van der Waals surface area contributed by atoms with E-state index in [1.54, 1.807) is 0 Å². The van der Waals surface area contributed by atoms with Crippen molar-refractivity contribution in [1.29, 1.82) is 0 Å². The summed E-state index contributed by atoms with van der Waals surface area (Å²) >= 11 is 0. The molecule has 0 bridgehead atoms. The monoisotopic (exact) mass is 275 g/mol. The van der Waals surface area contributed by atoms with E-state index in [1.165, 1.54) is 0 Å². The highest BCUT2D eigenvalue weighted by molar-refractivity contribution is 7.92. The van der Waals surface area contributed by atoms with Crippen LogP contribution in [0, 0.1) is 0 Å². The molecular formula is C11H21N3O3S. The van der Waals surface area contributed by atoms with Gasteiger partial charge in [-0.1, -0.05) is 0 Å². The molecule has 2 saturated heterocycles. The van der Waals surface area contributed by atoms with Gasteiger partial charge in [0.2, 0.25) is 0 Å². The molecule has 2 fully saturated rings. The van der Waals surface area contributed by atoms with Crippen LogP contribution in [-0.2, 0) is 9.84 Å². The molecule has 0 saturated carbocycles. The first kappa shape index (κ1) is 13.6. The Bertz CT molecular complexity index is 390. The third kappa shape index (κ3) is 3.58. The van der Waals surface area contributed by atoms with Crippen LogP contribution in [0.4, 0.5) is 4.79 Å². The van der Waals surface area contributed by atoms with Crippen molar-refractivity contribution in [3.8, 4) is 0 Å². The molecule has 0 aliphatic carbocycles. The predicted molar refractivity (Wildman–Crippen MR) is 69.2 cm³/mol. The Hall–Kier alpha value is -0.820. The summed E-state index contributed by atoms with van der Waals surface area (Å²) in [4.78, 5) is 11.5. The fourth-order valence-electron chi connectivity index (χ4n) is 2.50. The van der Waals surface area contributed by atoms with Crippen LogP contribution >= 0.6 is 0 Å². The Kier molecular flexibility index (Phi) is 4.45.